The highest BCUT2D eigenvalue weighted by molar-refractivity contribution is 7.26. The summed E-state index contributed by atoms with van der Waals surface area (Å²) >= 11 is 3.65. The zero-order valence-electron chi connectivity index (χ0n) is 24.1. The van der Waals surface area contributed by atoms with Gasteiger partial charge in [0.1, 0.15) is 5.82 Å². The first-order valence-electron chi connectivity index (χ1n) is 15.0. The summed E-state index contributed by atoms with van der Waals surface area (Å²) in [7, 11) is 0. The van der Waals surface area contributed by atoms with Crippen molar-refractivity contribution in [3.8, 4) is 44.5 Å². The topological polar surface area (TPSA) is 0 Å². The second-order valence-electron chi connectivity index (χ2n) is 11.5. The van der Waals surface area contributed by atoms with Crippen LogP contribution in [-0.2, 0) is 0 Å². The van der Waals surface area contributed by atoms with E-state index in [1.165, 1.54) is 40.3 Å². The van der Waals surface area contributed by atoms with Crippen LogP contribution in [0.3, 0.4) is 0 Å². The van der Waals surface area contributed by atoms with Gasteiger partial charge in [0.05, 0.1) is 0 Å². The van der Waals surface area contributed by atoms with Gasteiger partial charge >= 0.3 is 0 Å². The van der Waals surface area contributed by atoms with E-state index in [-0.39, 0.29) is 5.82 Å². The SMILES string of the molecule is Fc1cc(-c2cccc(-c3ccc4c(c3)sc3ccccc34)c2)cc(-c2cccc(-c3ccc4c(c3)sc3ccccc34)c2)c1. The minimum absolute atomic E-state index is 0.239. The molecule has 0 unspecified atom stereocenters. The Kier molecular flexibility index (Phi) is 6.15. The van der Waals surface area contributed by atoms with Crippen LogP contribution in [0.15, 0.2) is 152 Å². The summed E-state index contributed by atoms with van der Waals surface area (Å²) in [4.78, 5) is 0. The summed E-state index contributed by atoms with van der Waals surface area (Å²) in [5.74, 6) is -0.239. The van der Waals surface area contributed by atoms with Crippen molar-refractivity contribution in [2.45, 2.75) is 0 Å². The molecule has 0 aliphatic rings. The van der Waals surface area contributed by atoms with Crippen LogP contribution < -0.4 is 0 Å². The molecule has 0 saturated heterocycles. The van der Waals surface area contributed by atoms with E-state index in [1.807, 2.05) is 22.7 Å². The molecule has 0 atom stereocenters. The Morgan fingerprint density at radius 3 is 1.16 bits per heavy atom. The number of benzene rings is 7. The Labute approximate surface area is 268 Å². The average molecular weight is 613 g/mol. The quantitative estimate of drug-likeness (QED) is 0.185. The number of fused-ring (bicyclic) bond motifs is 6. The number of halogens is 1. The predicted molar refractivity (Wildman–Crippen MR) is 194 cm³/mol. The standard InChI is InChI=1S/C42H25FS2/c43-34-22-32(28-9-5-7-26(19-28)30-15-17-37-35-11-1-3-13-39(35)44-41(37)24-30)21-33(23-34)29-10-6-8-27(20-29)31-16-18-38-36-12-2-4-14-40(36)45-42(38)25-31/h1-25H. The minimum atomic E-state index is -0.239. The van der Waals surface area contributed by atoms with Crippen molar-refractivity contribution in [1.29, 1.82) is 0 Å². The molecule has 0 bridgehead atoms. The van der Waals surface area contributed by atoms with Crippen LogP contribution in [0.4, 0.5) is 4.39 Å². The van der Waals surface area contributed by atoms with Gasteiger partial charge in [0, 0.05) is 40.3 Å². The highest BCUT2D eigenvalue weighted by atomic mass is 32.1. The first kappa shape index (κ1) is 26.3. The van der Waals surface area contributed by atoms with E-state index < -0.39 is 0 Å². The predicted octanol–water partition coefficient (Wildman–Crippen LogP) is 13.2. The minimum Gasteiger partial charge on any atom is -0.207 e. The molecule has 0 saturated carbocycles. The Morgan fingerprint density at radius 2 is 0.667 bits per heavy atom. The van der Waals surface area contributed by atoms with Gasteiger partial charge in [-0.1, -0.05) is 97.1 Å². The molecule has 2 heterocycles. The molecular formula is C42H25FS2. The molecule has 0 spiro atoms. The Hall–Kier alpha value is -5.09. The molecule has 0 aliphatic carbocycles. The second-order valence-corrected chi connectivity index (χ2v) is 13.7. The Bertz CT molecular complexity index is 2390. The van der Waals surface area contributed by atoms with Crippen molar-refractivity contribution in [3.63, 3.8) is 0 Å². The lowest BCUT2D eigenvalue weighted by Crippen LogP contribution is -1.87. The summed E-state index contributed by atoms with van der Waals surface area (Å²) in [6.45, 7) is 0. The van der Waals surface area contributed by atoms with E-state index in [1.54, 1.807) is 12.1 Å². The van der Waals surface area contributed by atoms with Crippen molar-refractivity contribution in [2.24, 2.45) is 0 Å². The third-order valence-corrected chi connectivity index (χ3v) is 11.0. The fraction of sp³-hybridized carbons (Fsp3) is 0. The molecule has 0 nitrogen and oxygen atoms in total. The number of thiophene rings is 2. The average Bonchev–Trinajstić information content (AvgIpc) is 3.65. The lowest BCUT2D eigenvalue weighted by molar-refractivity contribution is 0.629. The summed E-state index contributed by atoms with van der Waals surface area (Å²) in [6.07, 6.45) is 0. The fourth-order valence-electron chi connectivity index (χ4n) is 6.49. The summed E-state index contributed by atoms with van der Waals surface area (Å²) in [5, 5.41) is 5.18. The molecule has 0 N–H and O–H groups in total. The van der Waals surface area contributed by atoms with Crippen LogP contribution in [0.5, 0.6) is 0 Å². The molecule has 45 heavy (non-hydrogen) atoms. The van der Waals surface area contributed by atoms with Gasteiger partial charge in [-0.3, -0.25) is 0 Å². The first-order chi connectivity index (χ1) is 22.2. The van der Waals surface area contributed by atoms with Gasteiger partial charge in [-0.15, -0.1) is 22.7 Å². The highest BCUT2D eigenvalue weighted by Crippen LogP contribution is 2.39. The summed E-state index contributed by atoms with van der Waals surface area (Å²) in [5.41, 5.74) is 8.30. The lowest BCUT2D eigenvalue weighted by Gasteiger charge is -2.11. The van der Waals surface area contributed by atoms with Crippen LogP contribution >= 0.6 is 22.7 Å². The van der Waals surface area contributed by atoms with Crippen molar-refractivity contribution >= 4 is 63.0 Å². The number of hydrogen-bond donors (Lipinski definition) is 0. The monoisotopic (exact) mass is 612 g/mol. The van der Waals surface area contributed by atoms with E-state index >= 15 is 4.39 Å². The molecule has 0 aliphatic heterocycles. The summed E-state index contributed by atoms with van der Waals surface area (Å²) < 4.78 is 20.4. The smallest absolute Gasteiger partial charge is 0.124 e. The van der Waals surface area contributed by atoms with Crippen molar-refractivity contribution in [3.05, 3.63) is 157 Å². The third-order valence-electron chi connectivity index (χ3n) is 8.71. The van der Waals surface area contributed by atoms with Crippen LogP contribution in [0.2, 0.25) is 0 Å². The van der Waals surface area contributed by atoms with Crippen LogP contribution in [0.25, 0.3) is 84.9 Å². The van der Waals surface area contributed by atoms with Crippen LogP contribution in [0.1, 0.15) is 0 Å². The molecule has 0 amide bonds. The van der Waals surface area contributed by atoms with Gasteiger partial charge in [0.15, 0.2) is 0 Å². The zero-order valence-corrected chi connectivity index (χ0v) is 25.8. The molecule has 212 valence electrons. The fourth-order valence-corrected chi connectivity index (χ4v) is 8.78. The molecular weight excluding hydrogens is 588 g/mol. The Morgan fingerprint density at radius 1 is 0.289 bits per heavy atom. The van der Waals surface area contributed by atoms with Gasteiger partial charge in [-0.05, 0) is 99.1 Å². The molecule has 2 aromatic heterocycles. The Balaban J connectivity index is 1.07. The maximum absolute atomic E-state index is 15.2. The molecule has 3 heteroatoms. The maximum Gasteiger partial charge on any atom is 0.124 e. The van der Waals surface area contributed by atoms with E-state index in [2.05, 4.69) is 140 Å². The van der Waals surface area contributed by atoms with Crippen molar-refractivity contribution in [1.82, 2.24) is 0 Å². The van der Waals surface area contributed by atoms with E-state index in [0.717, 1.165) is 44.5 Å². The number of hydrogen-bond acceptors (Lipinski definition) is 2. The first-order valence-corrected chi connectivity index (χ1v) is 16.6. The highest BCUT2D eigenvalue weighted by Gasteiger charge is 2.11. The number of rotatable bonds is 4. The lowest BCUT2D eigenvalue weighted by atomic mass is 9.94. The third kappa shape index (κ3) is 4.64. The van der Waals surface area contributed by atoms with E-state index in [4.69, 9.17) is 0 Å². The van der Waals surface area contributed by atoms with Crippen LogP contribution in [0, 0.1) is 5.82 Å². The van der Waals surface area contributed by atoms with Gasteiger partial charge in [0.25, 0.3) is 0 Å². The maximum atomic E-state index is 15.2. The normalized spacial score (nSPS) is 11.7. The van der Waals surface area contributed by atoms with Crippen molar-refractivity contribution < 1.29 is 4.39 Å². The second kappa shape index (κ2) is 10.5. The molecule has 0 fully saturated rings. The van der Waals surface area contributed by atoms with Gasteiger partial charge < -0.3 is 0 Å². The van der Waals surface area contributed by atoms with Crippen molar-refractivity contribution in [2.75, 3.05) is 0 Å². The largest absolute Gasteiger partial charge is 0.207 e. The molecule has 9 rings (SSSR count). The van der Waals surface area contributed by atoms with E-state index in [0.29, 0.717) is 0 Å². The molecule has 9 aromatic rings. The van der Waals surface area contributed by atoms with Gasteiger partial charge in [0.2, 0.25) is 0 Å². The molecule has 0 radical (unpaired) electrons. The van der Waals surface area contributed by atoms with Gasteiger partial charge in [-0.2, -0.15) is 0 Å². The zero-order chi connectivity index (χ0) is 29.9. The van der Waals surface area contributed by atoms with E-state index in [9.17, 15) is 0 Å². The van der Waals surface area contributed by atoms with Gasteiger partial charge in [-0.25, -0.2) is 4.39 Å². The van der Waals surface area contributed by atoms with Crippen LogP contribution in [-0.4, -0.2) is 0 Å². The summed E-state index contributed by atoms with van der Waals surface area (Å²) in [6, 6.07) is 52.8. The molecule has 7 aromatic carbocycles.